The van der Waals surface area contributed by atoms with Gasteiger partial charge in [-0.05, 0) is 40.9 Å². The van der Waals surface area contributed by atoms with Crippen molar-refractivity contribution >= 4 is 51.4 Å². The minimum atomic E-state index is -0.323. The topological polar surface area (TPSA) is 46.6 Å². The molecule has 0 aliphatic carbocycles. The van der Waals surface area contributed by atoms with Crippen LogP contribution in [-0.4, -0.2) is 29.2 Å². The van der Waals surface area contributed by atoms with E-state index in [9.17, 15) is 9.59 Å². The van der Waals surface area contributed by atoms with Crippen molar-refractivity contribution in [2.45, 2.75) is 0 Å². The third-order valence-electron chi connectivity index (χ3n) is 4.39. The van der Waals surface area contributed by atoms with E-state index in [2.05, 4.69) is 0 Å². The Hall–Kier alpha value is -2.76. The van der Waals surface area contributed by atoms with E-state index in [4.69, 9.17) is 16.3 Å². The summed E-state index contributed by atoms with van der Waals surface area (Å²) in [7, 11) is 0. The van der Waals surface area contributed by atoms with E-state index in [1.54, 1.807) is 18.2 Å². The molecule has 1 heterocycles. The zero-order chi connectivity index (χ0) is 19.5. The van der Waals surface area contributed by atoms with Crippen molar-refractivity contribution in [1.29, 1.82) is 0 Å². The van der Waals surface area contributed by atoms with Crippen LogP contribution in [0.3, 0.4) is 0 Å². The number of hydrogen-bond acceptors (Lipinski definition) is 4. The van der Waals surface area contributed by atoms with Crippen LogP contribution >= 0.6 is 23.4 Å². The van der Waals surface area contributed by atoms with E-state index < -0.39 is 0 Å². The summed E-state index contributed by atoms with van der Waals surface area (Å²) in [5.41, 5.74) is 0.710. The predicted octanol–water partition coefficient (Wildman–Crippen LogP) is 5.61. The Labute approximate surface area is 171 Å². The first kappa shape index (κ1) is 18.6. The molecule has 1 aliphatic heterocycles. The van der Waals surface area contributed by atoms with Crippen LogP contribution in [0.1, 0.15) is 5.56 Å². The number of ether oxygens (including phenoxy) is 1. The zero-order valence-electron chi connectivity index (χ0n) is 14.8. The molecule has 0 unspecified atom stereocenters. The van der Waals surface area contributed by atoms with Gasteiger partial charge in [0.1, 0.15) is 12.4 Å². The van der Waals surface area contributed by atoms with Crippen molar-refractivity contribution in [3.63, 3.8) is 0 Å². The van der Waals surface area contributed by atoms with E-state index in [1.165, 1.54) is 4.90 Å². The summed E-state index contributed by atoms with van der Waals surface area (Å²) in [6.07, 6.45) is 1.65. The summed E-state index contributed by atoms with van der Waals surface area (Å²) in [6.45, 7) is 0.416. The summed E-state index contributed by atoms with van der Waals surface area (Å²) in [5, 5.41) is 2.31. The van der Waals surface area contributed by atoms with E-state index in [0.717, 1.165) is 28.3 Å². The van der Waals surface area contributed by atoms with Gasteiger partial charge in [-0.3, -0.25) is 14.5 Å². The Kier molecular flexibility index (Phi) is 5.37. The van der Waals surface area contributed by atoms with Gasteiger partial charge in [-0.1, -0.05) is 66.2 Å². The van der Waals surface area contributed by atoms with Crippen molar-refractivity contribution in [3.8, 4) is 5.75 Å². The Morgan fingerprint density at radius 3 is 2.57 bits per heavy atom. The molecular formula is C22H16ClNO3S. The summed E-state index contributed by atoms with van der Waals surface area (Å²) in [5.74, 6) is 0.410. The SMILES string of the molecule is O=C1S/C(=C\c2ccccc2Cl)C(=O)N1CCOc1cccc2ccccc12. The molecule has 0 atom stereocenters. The van der Waals surface area contributed by atoms with Crippen molar-refractivity contribution < 1.29 is 14.3 Å². The quantitative estimate of drug-likeness (QED) is 0.514. The second-order valence-corrected chi connectivity index (χ2v) is 7.58. The highest BCUT2D eigenvalue weighted by Gasteiger charge is 2.34. The van der Waals surface area contributed by atoms with Crippen LogP contribution in [0.5, 0.6) is 5.75 Å². The molecule has 0 spiro atoms. The first-order valence-electron chi connectivity index (χ1n) is 8.74. The van der Waals surface area contributed by atoms with E-state index in [1.807, 2.05) is 54.6 Å². The van der Waals surface area contributed by atoms with Gasteiger partial charge in [0.25, 0.3) is 11.1 Å². The Morgan fingerprint density at radius 1 is 0.964 bits per heavy atom. The molecule has 2 amide bonds. The number of thioether (sulfide) groups is 1. The molecule has 4 nitrogen and oxygen atoms in total. The average molecular weight is 410 g/mol. The maximum Gasteiger partial charge on any atom is 0.293 e. The molecule has 0 saturated carbocycles. The van der Waals surface area contributed by atoms with E-state index in [0.29, 0.717) is 15.5 Å². The average Bonchev–Trinajstić information content (AvgIpc) is 2.97. The number of imide groups is 1. The minimum Gasteiger partial charge on any atom is -0.491 e. The number of nitrogens with zero attached hydrogens (tertiary/aromatic N) is 1. The van der Waals surface area contributed by atoms with Gasteiger partial charge in [0.2, 0.25) is 0 Å². The molecule has 3 aromatic rings. The third-order valence-corrected chi connectivity index (χ3v) is 5.64. The van der Waals surface area contributed by atoms with Gasteiger partial charge in [-0.2, -0.15) is 0 Å². The number of carbonyl (C=O) groups is 2. The second kappa shape index (κ2) is 8.09. The largest absolute Gasteiger partial charge is 0.491 e. The van der Waals surface area contributed by atoms with Crippen LogP contribution in [0.25, 0.3) is 16.8 Å². The number of rotatable bonds is 5. The standard InChI is InChI=1S/C22H16ClNO3S/c23-18-10-4-2-7-16(18)14-20-21(25)24(22(26)28-20)12-13-27-19-11-5-8-15-6-1-3-9-17(15)19/h1-11,14H,12-13H2/b20-14-. The van der Waals surface area contributed by atoms with Crippen molar-refractivity contribution in [2.24, 2.45) is 0 Å². The fourth-order valence-electron chi connectivity index (χ4n) is 2.99. The highest BCUT2D eigenvalue weighted by molar-refractivity contribution is 8.18. The van der Waals surface area contributed by atoms with Gasteiger partial charge in [0.15, 0.2) is 0 Å². The van der Waals surface area contributed by atoms with Gasteiger partial charge in [0.05, 0.1) is 11.4 Å². The lowest BCUT2D eigenvalue weighted by atomic mass is 10.1. The lowest BCUT2D eigenvalue weighted by Crippen LogP contribution is -2.32. The van der Waals surface area contributed by atoms with Gasteiger partial charge < -0.3 is 4.74 Å². The number of carbonyl (C=O) groups excluding carboxylic acids is 2. The molecule has 4 rings (SSSR count). The third kappa shape index (κ3) is 3.77. The lowest BCUT2D eigenvalue weighted by Gasteiger charge is -2.14. The van der Waals surface area contributed by atoms with Crippen LogP contribution in [0.4, 0.5) is 4.79 Å². The molecule has 0 bridgehead atoms. The van der Waals surface area contributed by atoms with Crippen molar-refractivity contribution in [3.05, 3.63) is 82.2 Å². The summed E-state index contributed by atoms with van der Waals surface area (Å²) in [6, 6.07) is 20.9. The monoisotopic (exact) mass is 409 g/mol. The molecule has 6 heteroatoms. The first-order chi connectivity index (χ1) is 13.6. The molecule has 0 aromatic heterocycles. The molecule has 28 heavy (non-hydrogen) atoms. The van der Waals surface area contributed by atoms with E-state index >= 15 is 0 Å². The first-order valence-corrected chi connectivity index (χ1v) is 9.93. The second-order valence-electron chi connectivity index (χ2n) is 6.18. The molecular weight excluding hydrogens is 394 g/mol. The Morgan fingerprint density at radius 2 is 1.71 bits per heavy atom. The maximum absolute atomic E-state index is 12.6. The van der Waals surface area contributed by atoms with Gasteiger partial charge in [-0.15, -0.1) is 0 Å². The highest BCUT2D eigenvalue weighted by atomic mass is 35.5. The van der Waals surface area contributed by atoms with Crippen LogP contribution in [0.15, 0.2) is 71.6 Å². The molecule has 140 valence electrons. The Balaban J connectivity index is 1.45. The van der Waals surface area contributed by atoms with Crippen LogP contribution in [0, 0.1) is 0 Å². The van der Waals surface area contributed by atoms with Gasteiger partial charge >= 0.3 is 0 Å². The molecule has 0 radical (unpaired) electrons. The lowest BCUT2D eigenvalue weighted by molar-refractivity contribution is -0.123. The van der Waals surface area contributed by atoms with Gasteiger partial charge in [-0.25, -0.2) is 0 Å². The molecule has 1 saturated heterocycles. The smallest absolute Gasteiger partial charge is 0.293 e. The number of halogens is 1. The van der Waals surface area contributed by atoms with Crippen molar-refractivity contribution in [2.75, 3.05) is 13.2 Å². The Bertz CT molecular complexity index is 1090. The number of hydrogen-bond donors (Lipinski definition) is 0. The van der Waals surface area contributed by atoms with Crippen molar-refractivity contribution in [1.82, 2.24) is 4.90 Å². The molecule has 3 aromatic carbocycles. The number of amides is 2. The summed E-state index contributed by atoms with van der Waals surface area (Å²) < 4.78 is 5.85. The summed E-state index contributed by atoms with van der Waals surface area (Å²) in [4.78, 5) is 26.4. The van der Waals surface area contributed by atoms with E-state index in [-0.39, 0.29) is 24.3 Å². The maximum atomic E-state index is 12.6. The predicted molar refractivity (Wildman–Crippen MR) is 114 cm³/mol. The number of fused-ring (bicyclic) bond motifs is 1. The molecule has 1 fully saturated rings. The van der Waals surface area contributed by atoms with Crippen LogP contribution in [0.2, 0.25) is 5.02 Å². The zero-order valence-corrected chi connectivity index (χ0v) is 16.4. The van der Waals surface area contributed by atoms with Crippen LogP contribution < -0.4 is 4.74 Å². The highest BCUT2D eigenvalue weighted by Crippen LogP contribution is 2.33. The molecule has 1 aliphatic rings. The fourth-order valence-corrected chi connectivity index (χ4v) is 4.04. The summed E-state index contributed by atoms with van der Waals surface area (Å²) >= 11 is 7.06. The van der Waals surface area contributed by atoms with Crippen LogP contribution in [-0.2, 0) is 4.79 Å². The fraction of sp³-hybridized carbons (Fsp3) is 0.0909. The normalized spacial score (nSPS) is 15.6. The minimum absolute atomic E-state index is 0.188. The van der Waals surface area contributed by atoms with Gasteiger partial charge in [0, 0.05) is 10.4 Å². The molecule has 0 N–H and O–H groups in total. The number of benzene rings is 3.